The zero-order valence-corrected chi connectivity index (χ0v) is 20.3. The van der Waals surface area contributed by atoms with E-state index in [0.29, 0.717) is 18.6 Å². The normalized spacial score (nSPS) is 12.9. The second-order valence-electron chi connectivity index (χ2n) is 6.69. The van der Waals surface area contributed by atoms with Crippen LogP contribution in [0.1, 0.15) is 64.7 Å². The van der Waals surface area contributed by atoms with Crippen molar-refractivity contribution in [2.45, 2.75) is 64.7 Å². The molecule has 0 aromatic heterocycles. The van der Waals surface area contributed by atoms with Gasteiger partial charge in [0.05, 0.1) is 0 Å². The molecule has 0 saturated carbocycles. The van der Waals surface area contributed by atoms with Crippen LogP contribution < -0.4 is 5.73 Å². The van der Waals surface area contributed by atoms with Gasteiger partial charge < -0.3 is 5.73 Å². The number of carbonyl (C=O) groups excluding carboxylic acids is 1. The molecule has 0 aromatic carbocycles. The molecule has 2 N–H and O–H groups in total. The Kier molecular flexibility index (Phi) is 24.7. The van der Waals surface area contributed by atoms with Crippen LogP contribution in [0.2, 0.25) is 0 Å². The Morgan fingerprint density at radius 1 is 0.667 bits per heavy atom. The summed E-state index contributed by atoms with van der Waals surface area (Å²) >= 11 is 0. The highest BCUT2D eigenvalue weighted by atomic mass is 33.1. The van der Waals surface area contributed by atoms with E-state index in [1.807, 2.05) is 16.9 Å². The molecule has 168 valence electrons. The average Bonchev–Trinajstić information content (AvgIpc) is 2.75. The fraction of sp³-hybridized carbons (Fsp3) is 0.500. The van der Waals surface area contributed by atoms with Crippen molar-refractivity contribution in [3.8, 4) is 0 Å². The van der Waals surface area contributed by atoms with E-state index in [4.69, 9.17) is 5.73 Å². The van der Waals surface area contributed by atoms with Gasteiger partial charge >= 0.3 is 0 Å². The topological polar surface area (TPSA) is 43.1 Å². The van der Waals surface area contributed by atoms with Crippen LogP contribution in [0.4, 0.5) is 0 Å². The quantitative estimate of drug-likeness (QED) is 0.118. The smallest absolute Gasteiger partial charge is 0.136 e. The van der Waals surface area contributed by atoms with Crippen molar-refractivity contribution in [1.82, 2.24) is 0 Å². The van der Waals surface area contributed by atoms with Gasteiger partial charge in [0.2, 0.25) is 0 Å². The zero-order chi connectivity index (χ0) is 22.0. The minimum Gasteiger partial charge on any atom is -0.330 e. The Bertz CT molecular complexity index is 559. The Morgan fingerprint density at radius 2 is 1.10 bits per heavy atom. The molecule has 0 aliphatic rings. The van der Waals surface area contributed by atoms with E-state index in [1.54, 1.807) is 10.8 Å². The van der Waals surface area contributed by atoms with E-state index in [-0.39, 0.29) is 0 Å². The third-order valence-electron chi connectivity index (χ3n) is 3.91. The van der Waals surface area contributed by atoms with Gasteiger partial charge in [-0.1, -0.05) is 101 Å². The molecule has 0 saturated heterocycles. The van der Waals surface area contributed by atoms with Crippen molar-refractivity contribution in [3.63, 3.8) is 0 Å². The molecular formula is C26H41NOS2. The van der Waals surface area contributed by atoms with Crippen LogP contribution in [0.5, 0.6) is 0 Å². The number of allylic oxidation sites excluding steroid dienone is 12. The molecular weight excluding hydrogens is 406 g/mol. The van der Waals surface area contributed by atoms with Gasteiger partial charge in [-0.15, -0.1) is 0 Å². The third kappa shape index (κ3) is 24.8. The summed E-state index contributed by atoms with van der Waals surface area (Å²) < 4.78 is 0. The number of nitrogens with two attached hydrogens (primary N) is 1. The second-order valence-corrected chi connectivity index (χ2v) is 9.40. The van der Waals surface area contributed by atoms with Crippen molar-refractivity contribution in [3.05, 3.63) is 72.9 Å². The van der Waals surface area contributed by atoms with E-state index in [1.165, 1.54) is 0 Å². The van der Waals surface area contributed by atoms with Gasteiger partial charge in [-0.25, -0.2) is 0 Å². The summed E-state index contributed by atoms with van der Waals surface area (Å²) in [4.78, 5) is 11.8. The molecule has 0 radical (unpaired) electrons. The molecule has 0 aliphatic heterocycles. The third-order valence-corrected chi connectivity index (χ3v) is 6.43. The molecule has 2 nitrogen and oxygen atoms in total. The van der Waals surface area contributed by atoms with Crippen LogP contribution in [0, 0.1) is 0 Å². The minimum absolute atomic E-state index is 0.333. The maximum absolute atomic E-state index is 11.8. The van der Waals surface area contributed by atoms with Crippen LogP contribution in [0.3, 0.4) is 0 Å². The first-order valence-electron chi connectivity index (χ1n) is 11.2. The summed E-state index contributed by atoms with van der Waals surface area (Å²) in [5.74, 6) is 2.34. The fourth-order valence-electron chi connectivity index (χ4n) is 2.33. The van der Waals surface area contributed by atoms with E-state index in [0.717, 1.165) is 63.0 Å². The lowest BCUT2D eigenvalue weighted by Gasteiger charge is -1.99. The van der Waals surface area contributed by atoms with E-state index in [9.17, 15) is 4.79 Å². The molecule has 4 heteroatoms. The average molecular weight is 448 g/mol. The summed E-state index contributed by atoms with van der Waals surface area (Å²) in [6.07, 6.45) is 34.3. The van der Waals surface area contributed by atoms with Crippen molar-refractivity contribution in [1.29, 1.82) is 0 Å². The van der Waals surface area contributed by atoms with Gasteiger partial charge in [0.25, 0.3) is 0 Å². The van der Waals surface area contributed by atoms with E-state index in [2.05, 4.69) is 73.8 Å². The van der Waals surface area contributed by atoms with Gasteiger partial charge in [0, 0.05) is 30.9 Å². The Morgan fingerprint density at radius 3 is 1.57 bits per heavy atom. The molecule has 0 aliphatic carbocycles. The lowest BCUT2D eigenvalue weighted by atomic mass is 10.1. The minimum atomic E-state index is 0.333. The summed E-state index contributed by atoms with van der Waals surface area (Å²) in [6.45, 7) is 2.88. The van der Waals surface area contributed by atoms with Crippen molar-refractivity contribution in [2.75, 3.05) is 18.1 Å². The Labute approximate surface area is 193 Å². The number of Topliss-reactive ketones (excluding diaryl/α,β-unsaturated/α-hetero) is 1. The molecule has 0 bridgehead atoms. The summed E-state index contributed by atoms with van der Waals surface area (Å²) in [5, 5.41) is 0. The summed E-state index contributed by atoms with van der Waals surface area (Å²) in [5.41, 5.74) is 5.44. The van der Waals surface area contributed by atoms with Crippen LogP contribution in [0.25, 0.3) is 0 Å². The Balaban J connectivity index is 3.55. The zero-order valence-electron chi connectivity index (χ0n) is 18.7. The predicted octanol–water partition coefficient (Wildman–Crippen LogP) is 7.76. The monoisotopic (exact) mass is 447 g/mol. The first kappa shape index (κ1) is 28.8. The molecule has 0 rings (SSSR count). The molecule has 0 heterocycles. The van der Waals surface area contributed by atoms with Crippen LogP contribution in [-0.2, 0) is 4.79 Å². The van der Waals surface area contributed by atoms with Crippen LogP contribution in [-0.4, -0.2) is 23.8 Å². The molecule has 0 atom stereocenters. The molecule has 0 aromatic rings. The highest BCUT2D eigenvalue weighted by Crippen LogP contribution is 2.21. The SMILES string of the molecule is CC/C=C\C/C=C\C/C=C\C/C=C\C/C=C\C/C=C\CC(=O)CCCSSCCN. The number of rotatable bonds is 20. The highest BCUT2D eigenvalue weighted by Gasteiger charge is 1.99. The van der Waals surface area contributed by atoms with E-state index < -0.39 is 0 Å². The van der Waals surface area contributed by atoms with E-state index >= 15 is 0 Å². The summed E-state index contributed by atoms with van der Waals surface area (Å²) in [6, 6.07) is 0. The predicted molar refractivity (Wildman–Crippen MR) is 141 cm³/mol. The highest BCUT2D eigenvalue weighted by molar-refractivity contribution is 8.76. The standard InChI is InChI=1S/C26H41NOS2/c1-2-3-4-5-6-7-8-9-10-11-12-13-14-15-16-17-18-19-21-26(28)22-20-24-29-30-25-23-27/h3-4,6-7,9-10,12-13,15-16,18-19H,2,5,8,11,14,17,20-25,27H2,1H3/b4-3-,7-6-,10-9-,13-12-,16-15-,19-18-. The first-order valence-corrected chi connectivity index (χ1v) is 13.7. The molecule has 0 fully saturated rings. The van der Waals surface area contributed by atoms with Crippen molar-refractivity contribution >= 4 is 27.4 Å². The van der Waals surface area contributed by atoms with Gasteiger partial charge in [-0.2, -0.15) is 0 Å². The number of ketones is 1. The van der Waals surface area contributed by atoms with Gasteiger partial charge in [0.15, 0.2) is 0 Å². The van der Waals surface area contributed by atoms with Crippen LogP contribution >= 0.6 is 21.6 Å². The first-order chi connectivity index (χ1) is 14.8. The van der Waals surface area contributed by atoms with Gasteiger partial charge in [-0.3, -0.25) is 4.79 Å². The maximum Gasteiger partial charge on any atom is 0.136 e. The molecule has 0 unspecified atom stereocenters. The fourth-order valence-corrected chi connectivity index (χ4v) is 4.28. The molecule has 0 amide bonds. The molecule has 30 heavy (non-hydrogen) atoms. The number of hydrogen-bond donors (Lipinski definition) is 1. The summed E-state index contributed by atoms with van der Waals surface area (Å²) in [7, 11) is 3.61. The largest absolute Gasteiger partial charge is 0.330 e. The maximum atomic E-state index is 11.8. The van der Waals surface area contributed by atoms with Gasteiger partial charge in [-0.05, 0) is 44.9 Å². The lowest BCUT2D eigenvalue weighted by Crippen LogP contribution is -2.00. The van der Waals surface area contributed by atoms with Crippen molar-refractivity contribution < 1.29 is 4.79 Å². The second kappa shape index (κ2) is 25.8. The Hall–Kier alpha value is -1.23. The van der Waals surface area contributed by atoms with Crippen LogP contribution in [0.15, 0.2) is 72.9 Å². The number of carbonyl (C=O) groups is 1. The lowest BCUT2D eigenvalue weighted by molar-refractivity contribution is -0.118. The van der Waals surface area contributed by atoms with Crippen molar-refractivity contribution in [2.24, 2.45) is 5.73 Å². The number of hydrogen-bond acceptors (Lipinski definition) is 4. The molecule has 0 spiro atoms. The van der Waals surface area contributed by atoms with Gasteiger partial charge in [0.1, 0.15) is 5.78 Å².